The van der Waals surface area contributed by atoms with Gasteiger partial charge in [-0.25, -0.2) is 4.98 Å². The lowest BCUT2D eigenvalue weighted by atomic mass is 9.83. The van der Waals surface area contributed by atoms with Gasteiger partial charge >= 0.3 is 0 Å². The molecule has 0 aliphatic rings. The summed E-state index contributed by atoms with van der Waals surface area (Å²) in [6, 6.07) is 0. The predicted molar refractivity (Wildman–Crippen MR) is 59.5 cm³/mol. The lowest BCUT2D eigenvalue weighted by Crippen LogP contribution is -2.23. The fourth-order valence-electron chi connectivity index (χ4n) is 1.99. The van der Waals surface area contributed by atoms with E-state index in [0.717, 1.165) is 25.2 Å². The van der Waals surface area contributed by atoms with Crippen LogP contribution in [0.25, 0.3) is 0 Å². The fourth-order valence-corrected chi connectivity index (χ4v) is 1.99. The first-order valence-electron chi connectivity index (χ1n) is 5.49. The smallest absolute Gasteiger partial charge is 0.138 e. The van der Waals surface area contributed by atoms with E-state index >= 15 is 0 Å². The molecule has 0 fully saturated rings. The average molecular weight is 211 g/mol. The van der Waals surface area contributed by atoms with Gasteiger partial charge in [0.15, 0.2) is 0 Å². The zero-order valence-electron chi connectivity index (χ0n) is 10.1. The Labute approximate surface area is 91.3 Å². The van der Waals surface area contributed by atoms with Crippen molar-refractivity contribution in [1.29, 1.82) is 0 Å². The molecule has 0 saturated heterocycles. The molecule has 4 heteroatoms. The quantitative estimate of drug-likeness (QED) is 0.805. The van der Waals surface area contributed by atoms with E-state index in [9.17, 15) is 5.11 Å². The highest BCUT2D eigenvalue weighted by atomic mass is 16.3. The van der Waals surface area contributed by atoms with Gasteiger partial charge in [-0.05, 0) is 25.7 Å². The first-order valence-corrected chi connectivity index (χ1v) is 5.49. The molecule has 0 spiro atoms. The highest BCUT2D eigenvalue weighted by molar-refractivity contribution is 4.91. The largest absolute Gasteiger partial charge is 0.393 e. The molecule has 1 rings (SSSR count). The number of nitrogens with zero attached hydrogens (tertiary/aromatic N) is 3. The Morgan fingerprint density at radius 1 is 1.53 bits per heavy atom. The summed E-state index contributed by atoms with van der Waals surface area (Å²) in [4.78, 5) is 4.25. The van der Waals surface area contributed by atoms with Crippen molar-refractivity contribution in [2.24, 2.45) is 5.41 Å². The molecule has 0 radical (unpaired) electrons. The van der Waals surface area contributed by atoms with Crippen molar-refractivity contribution in [2.45, 2.75) is 53.2 Å². The van der Waals surface area contributed by atoms with Crippen molar-refractivity contribution in [3.8, 4) is 0 Å². The highest BCUT2D eigenvalue weighted by Gasteiger charge is 2.23. The average Bonchev–Trinajstić information content (AvgIpc) is 2.48. The maximum absolute atomic E-state index is 9.40. The van der Waals surface area contributed by atoms with Crippen LogP contribution >= 0.6 is 0 Å². The summed E-state index contributed by atoms with van der Waals surface area (Å²) in [5, 5.41) is 13.5. The van der Waals surface area contributed by atoms with Crippen molar-refractivity contribution in [3.63, 3.8) is 0 Å². The predicted octanol–water partition coefficient (Wildman–Crippen LogP) is 1.64. The summed E-state index contributed by atoms with van der Waals surface area (Å²) >= 11 is 0. The second-order valence-electron chi connectivity index (χ2n) is 4.89. The van der Waals surface area contributed by atoms with E-state index in [1.807, 2.05) is 11.6 Å². The lowest BCUT2D eigenvalue weighted by molar-refractivity contribution is 0.127. The number of aromatic nitrogens is 3. The lowest BCUT2D eigenvalue weighted by Gasteiger charge is -2.25. The molecule has 1 heterocycles. The van der Waals surface area contributed by atoms with E-state index in [1.165, 1.54) is 0 Å². The van der Waals surface area contributed by atoms with Crippen LogP contribution in [0.2, 0.25) is 0 Å². The summed E-state index contributed by atoms with van der Waals surface area (Å²) in [5.74, 6) is 1.00. The minimum Gasteiger partial charge on any atom is -0.393 e. The highest BCUT2D eigenvalue weighted by Crippen LogP contribution is 2.26. The first-order chi connectivity index (χ1) is 6.94. The number of rotatable bonds is 5. The van der Waals surface area contributed by atoms with Gasteiger partial charge in [0.2, 0.25) is 0 Å². The number of aliphatic hydroxyl groups excluding tert-OH is 1. The molecule has 0 saturated carbocycles. The van der Waals surface area contributed by atoms with Gasteiger partial charge in [-0.1, -0.05) is 13.8 Å². The maximum Gasteiger partial charge on any atom is 0.138 e. The van der Waals surface area contributed by atoms with E-state index in [2.05, 4.69) is 30.9 Å². The first kappa shape index (κ1) is 12.2. The third-order valence-corrected chi connectivity index (χ3v) is 2.48. The monoisotopic (exact) mass is 211 g/mol. The Kier molecular flexibility index (Phi) is 3.85. The van der Waals surface area contributed by atoms with Crippen LogP contribution in [0.1, 0.15) is 39.9 Å². The van der Waals surface area contributed by atoms with Crippen LogP contribution in [0.3, 0.4) is 0 Å². The van der Waals surface area contributed by atoms with E-state index in [-0.39, 0.29) is 11.5 Å². The molecule has 0 amide bonds. The summed E-state index contributed by atoms with van der Waals surface area (Å²) in [5.41, 5.74) is 0.0636. The Balaban J connectivity index is 2.68. The molecule has 0 aliphatic carbocycles. The standard InChI is InChI=1S/C11H21N3O/c1-5-14-10(12-8-13-14)7-11(3,4)6-9(2)15/h8-9,15H,5-7H2,1-4H3. The molecule has 1 unspecified atom stereocenters. The number of aliphatic hydroxyl groups is 1. The van der Waals surface area contributed by atoms with Crippen LogP contribution in [0, 0.1) is 5.41 Å². The minimum atomic E-state index is -0.266. The molecule has 86 valence electrons. The van der Waals surface area contributed by atoms with E-state index in [0.29, 0.717) is 0 Å². The Hall–Kier alpha value is -0.900. The molecule has 0 aliphatic heterocycles. The SMILES string of the molecule is CCn1ncnc1CC(C)(C)CC(C)O. The van der Waals surface area contributed by atoms with Crippen molar-refractivity contribution in [1.82, 2.24) is 14.8 Å². The third-order valence-electron chi connectivity index (χ3n) is 2.48. The van der Waals surface area contributed by atoms with Crippen LogP contribution in [0.5, 0.6) is 0 Å². The van der Waals surface area contributed by atoms with Crippen LogP contribution in [-0.4, -0.2) is 26.0 Å². The van der Waals surface area contributed by atoms with Gasteiger partial charge in [0, 0.05) is 13.0 Å². The molecule has 1 atom stereocenters. The molecule has 1 aromatic heterocycles. The van der Waals surface area contributed by atoms with Crippen LogP contribution in [0.15, 0.2) is 6.33 Å². The summed E-state index contributed by atoms with van der Waals surface area (Å²) in [6.07, 6.45) is 2.96. The van der Waals surface area contributed by atoms with Crippen LogP contribution in [0.4, 0.5) is 0 Å². The van der Waals surface area contributed by atoms with E-state index < -0.39 is 0 Å². The molecule has 0 aromatic carbocycles. The minimum absolute atomic E-state index is 0.0636. The summed E-state index contributed by atoms with van der Waals surface area (Å²) in [7, 11) is 0. The van der Waals surface area contributed by atoms with Crippen LogP contribution in [-0.2, 0) is 13.0 Å². The Bertz CT molecular complexity index is 305. The molecular formula is C11H21N3O. The Morgan fingerprint density at radius 3 is 2.73 bits per heavy atom. The molecule has 1 N–H and O–H groups in total. The van der Waals surface area contributed by atoms with Gasteiger partial charge in [0.05, 0.1) is 6.10 Å². The topological polar surface area (TPSA) is 50.9 Å². The second kappa shape index (κ2) is 4.75. The van der Waals surface area contributed by atoms with Crippen molar-refractivity contribution in [2.75, 3.05) is 0 Å². The number of hydrogen-bond donors (Lipinski definition) is 1. The molecule has 1 aromatic rings. The van der Waals surface area contributed by atoms with E-state index in [1.54, 1.807) is 6.33 Å². The van der Waals surface area contributed by atoms with Gasteiger partial charge in [0.25, 0.3) is 0 Å². The van der Waals surface area contributed by atoms with Gasteiger partial charge < -0.3 is 5.11 Å². The number of aryl methyl sites for hydroxylation is 1. The number of hydrogen-bond acceptors (Lipinski definition) is 3. The third kappa shape index (κ3) is 3.63. The molecular weight excluding hydrogens is 190 g/mol. The van der Waals surface area contributed by atoms with Gasteiger partial charge in [-0.3, -0.25) is 4.68 Å². The zero-order valence-corrected chi connectivity index (χ0v) is 10.1. The van der Waals surface area contributed by atoms with E-state index in [4.69, 9.17) is 0 Å². The van der Waals surface area contributed by atoms with Crippen molar-refractivity contribution in [3.05, 3.63) is 12.2 Å². The fraction of sp³-hybridized carbons (Fsp3) is 0.818. The summed E-state index contributed by atoms with van der Waals surface area (Å²) < 4.78 is 1.91. The molecule has 15 heavy (non-hydrogen) atoms. The van der Waals surface area contributed by atoms with Gasteiger partial charge in [-0.2, -0.15) is 5.10 Å². The summed E-state index contributed by atoms with van der Waals surface area (Å²) in [6.45, 7) is 9.02. The van der Waals surface area contributed by atoms with Crippen LogP contribution < -0.4 is 0 Å². The zero-order chi connectivity index (χ0) is 11.5. The van der Waals surface area contributed by atoms with Crippen molar-refractivity contribution < 1.29 is 5.11 Å². The van der Waals surface area contributed by atoms with Gasteiger partial charge in [0.1, 0.15) is 12.2 Å². The molecule has 0 bridgehead atoms. The molecule has 4 nitrogen and oxygen atoms in total. The second-order valence-corrected chi connectivity index (χ2v) is 4.89. The van der Waals surface area contributed by atoms with Gasteiger partial charge in [-0.15, -0.1) is 0 Å². The Morgan fingerprint density at radius 2 is 2.20 bits per heavy atom. The normalized spacial score (nSPS) is 14.2. The maximum atomic E-state index is 9.40. The van der Waals surface area contributed by atoms with Crippen molar-refractivity contribution >= 4 is 0 Å².